The smallest absolute Gasteiger partial charge is 0.330 e. The lowest BCUT2D eigenvalue weighted by Gasteiger charge is -2.42. The van der Waals surface area contributed by atoms with Gasteiger partial charge in [0.2, 0.25) is 6.29 Å². The second-order valence-corrected chi connectivity index (χ2v) is 12.5. The Balaban J connectivity index is 1.09. The molecule has 3 heterocycles. The van der Waals surface area contributed by atoms with Crippen LogP contribution in [0.15, 0.2) is 66.7 Å². The van der Waals surface area contributed by atoms with Crippen molar-refractivity contribution in [3.8, 4) is 28.7 Å². The Hall–Kier alpha value is -4.78. The fourth-order valence-electron chi connectivity index (χ4n) is 5.95. The van der Waals surface area contributed by atoms with Crippen LogP contribution in [0.1, 0.15) is 34.0 Å². The van der Waals surface area contributed by atoms with Gasteiger partial charge in [-0.15, -0.1) is 0 Å². The molecule has 278 valence electrons. The van der Waals surface area contributed by atoms with Gasteiger partial charge in [0.1, 0.15) is 54.4 Å². The highest BCUT2D eigenvalue weighted by Crippen LogP contribution is 2.38. The molecule has 0 aromatic heterocycles. The Labute approximate surface area is 296 Å². The molecule has 0 bridgehead atoms. The minimum absolute atomic E-state index is 0.0464. The lowest BCUT2D eigenvalue weighted by molar-refractivity contribution is -0.318. The number of benzene rings is 3. The molecular weight excluding hydrogens is 688 g/mol. The lowest BCUT2D eigenvalue weighted by atomic mass is 9.96. The van der Waals surface area contributed by atoms with Crippen LogP contribution in [0.25, 0.3) is 6.08 Å². The number of carbonyl (C=O) groups excluding carboxylic acids is 2. The summed E-state index contributed by atoms with van der Waals surface area (Å²) in [4.78, 5) is 25.1. The standard InChI is InChI=1S/C36H38O16/c1-46-27-12-18(2-10-23(27)39)3-11-29(41)47-16-36(45)17-48-35(33(36)44)52-32-31(43)30(42)28(15-37)51-34(32)49-21-7-4-19(5-8-21)25-14-24(40)22-9-6-20(38)13-26(22)50-25/h2-13,25,28,30-35,37-39,42-45H,14-17H2,1H3/b11-3+/t25-,28+,30+,31-,32+,33+,34+,35+,36-/m0/s1. The highest BCUT2D eigenvalue weighted by molar-refractivity contribution is 6.00. The Morgan fingerprint density at radius 3 is 2.50 bits per heavy atom. The van der Waals surface area contributed by atoms with Gasteiger partial charge in [0.05, 0.1) is 32.3 Å². The summed E-state index contributed by atoms with van der Waals surface area (Å²) in [7, 11) is 1.37. The molecule has 3 aromatic carbocycles. The number of carbonyl (C=O) groups is 2. The van der Waals surface area contributed by atoms with Crippen molar-refractivity contribution in [3.05, 3.63) is 83.4 Å². The van der Waals surface area contributed by atoms with E-state index in [0.29, 0.717) is 16.7 Å². The molecule has 9 atom stereocenters. The van der Waals surface area contributed by atoms with Crippen LogP contribution in [0.5, 0.6) is 28.7 Å². The normalized spacial score (nSPS) is 30.1. The number of rotatable bonds is 11. The predicted molar refractivity (Wildman–Crippen MR) is 175 cm³/mol. The summed E-state index contributed by atoms with van der Waals surface area (Å²) < 4.78 is 39.0. The number of aliphatic hydroxyl groups excluding tert-OH is 4. The third-order valence-electron chi connectivity index (χ3n) is 8.91. The molecule has 2 saturated heterocycles. The van der Waals surface area contributed by atoms with Crippen molar-refractivity contribution in [1.82, 2.24) is 0 Å². The van der Waals surface area contributed by atoms with Crippen LogP contribution in [0.3, 0.4) is 0 Å². The van der Waals surface area contributed by atoms with E-state index >= 15 is 0 Å². The molecule has 6 rings (SSSR count). The maximum absolute atomic E-state index is 12.7. The zero-order valence-corrected chi connectivity index (χ0v) is 27.7. The molecule has 0 unspecified atom stereocenters. The fraction of sp³-hybridized carbons (Fsp3) is 0.389. The summed E-state index contributed by atoms with van der Waals surface area (Å²) in [5.41, 5.74) is -0.631. The first-order valence-electron chi connectivity index (χ1n) is 16.2. The SMILES string of the molecule is COc1cc(/C=C/C(=O)OC[C@]2(O)CO[C@H](O[C@H]3[C@H](Oc4ccc([C@@H]5CC(=O)c6ccc(O)cc6O5)cc4)O[C@H](CO)[C@@H](O)[C@@H]3O)[C@H]2O)ccc1O. The number of aliphatic hydroxyl groups is 5. The Morgan fingerprint density at radius 1 is 1.00 bits per heavy atom. The topological polar surface area (TPSA) is 240 Å². The van der Waals surface area contributed by atoms with E-state index in [9.17, 15) is 45.3 Å². The average molecular weight is 727 g/mol. The number of methoxy groups -OCH3 is 1. The predicted octanol–water partition coefficient (Wildman–Crippen LogP) is 0.721. The fourth-order valence-corrected chi connectivity index (χ4v) is 5.95. The van der Waals surface area contributed by atoms with Gasteiger partial charge in [-0.25, -0.2) is 4.79 Å². The van der Waals surface area contributed by atoms with Crippen LogP contribution in [-0.4, -0.2) is 123 Å². The van der Waals surface area contributed by atoms with Gasteiger partial charge in [0, 0.05) is 12.1 Å². The summed E-state index contributed by atoms with van der Waals surface area (Å²) in [6.07, 6.45) is -9.20. The van der Waals surface area contributed by atoms with Crippen LogP contribution in [0.2, 0.25) is 0 Å². The number of ether oxygens (including phenoxy) is 7. The van der Waals surface area contributed by atoms with Crippen molar-refractivity contribution in [3.63, 3.8) is 0 Å². The largest absolute Gasteiger partial charge is 0.508 e. The van der Waals surface area contributed by atoms with E-state index in [-0.39, 0.29) is 41.0 Å². The number of phenolic OH excluding ortho intramolecular Hbond substituents is 2. The Bertz CT molecular complexity index is 1780. The van der Waals surface area contributed by atoms with Crippen molar-refractivity contribution in [2.24, 2.45) is 0 Å². The van der Waals surface area contributed by atoms with E-state index in [1.54, 1.807) is 12.1 Å². The van der Waals surface area contributed by atoms with E-state index in [1.807, 2.05) is 0 Å². The van der Waals surface area contributed by atoms with Crippen molar-refractivity contribution >= 4 is 17.8 Å². The lowest BCUT2D eigenvalue weighted by Crippen LogP contribution is -2.62. The third-order valence-corrected chi connectivity index (χ3v) is 8.91. The number of esters is 1. The number of hydrogen-bond donors (Lipinski definition) is 7. The number of fused-ring (bicyclic) bond motifs is 1. The second-order valence-electron chi connectivity index (χ2n) is 12.5. The first-order valence-corrected chi connectivity index (χ1v) is 16.2. The molecule has 0 saturated carbocycles. The zero-order chi connectivity index (χ0) is 37.2. The summed E-state index contributed by atoms with van der Waals surface area (Å²) in [5.74, 6) is -0.512. The van der Waals surface area contributed by atoms with Crippen molar-refractivity contribution in [2.75, 3.05) is 26.9 Å². The highest BCUT2D eigenvalue weighted by Gasteiger charge is 2.54. The zero-order valence-electron chi connectivity index (χ0n) is 27.7. The molecule has 0 radical (unpaired) electrons. The van der Waals surface area contributed by atoms with Gasteiger partial charge in [-0.2, -0.15) is 0 Å². The van der Waals surface area contributed by atoms with Gasteiger partial charge in [0.25, 0.3) is 0 Å². The summed E-state index contributed by atoms with van der Waals surface area (Å²) >= 11 is 0. The third kappa shape index (κ3) is 7.84. The van der Waals surface area contributed by atoms with E-state index in [4.69, 9.17) is 33.2 Å². The van der Waals surface area contributed by atoms with Gasteiger partial charge in [-0.1, -0.05) is 18.2 Å². The molecule has 3 aliphatic rings. The van der Waals surface area contributed by atoms with E-state index < -0.39 is 80.6 Å². The minimum atomic E-state index is -2.13. The summed E-state index contributed by atoms with van der Waals surface area (Å²) in [6, 6.07) is 15.0. The molecule has 7 N–H and O–H groups in total. The Morgan fingerprint density at radius 2 is 1.77 bits per heavy atom. The maximum atomic E-state index is 12.7. The van der Waals surface area contributed by atoms with Gasteiger partial charge in [0.15, 0.2) is 35.3 Å². The van der Waals surface area contributed by atoms with Crippen LogP contribution < -0.4 is 14.2 Å². The first-order chi connectivity index (χ1) is 24.9. The van der Waals surface area contributed by atoms with Crippen LogP contribution in [0.4, 0.5) is 0 Å². The Kier molecular flexibility index (Phi) is 11.0. The number of ketones is 1. The maximum Gasteiger partial charge on any atom is 0.330 e. The molecule has 52 heavy (non-hydrogen) atoms. The first kappa shape index (κ1) is 37.0. The molecule has 2 fully saturated rings. The van der Waals surface area contributed by atoms with Crippen molar-refractivity contribution in [2.45, 2.75) is 61.2 Å². The number of aromatic hydroxyl groups is 2. The molecule has 16 heteroatoms. The molecule has 0 spiro atoms. The molecule has 3 aromatic rings. The average Bonchev–Trinajstić information content (AvgIpc) is 3.42. The molecule has 3 aliphatic heterocycles. The van der Waals surface area contributed by atoms with Crippen LogP contribution in [0, 0.1) is 0 Å². The van der Waals surface area contributed by atoms with Gasteiger partial charge >= 0.3 is 5.97 Å². The van der Waals surface area contributed by atoms with Gasteiger partial charge in [-0.05, 0) is 53.6 Å². The molecule has 0 amide bonds. The number of phenols is 2. The summed E-state index contributed by atoms with van der Waals surface area (Å²) in [6.45, 7) is -1.93. The number of hydrogen-bond acceptors (Lipinski definition) is 16. The molecular formula is C36H38O16. The van der Waals surface area contributed by atoms with Gasteiger partial charge in [-0.3, -0.25) is 4.79 Å². The summed E-state index contributed by atoms with van der Waals surface area (Å²) in [5, 5.41) is 72.9. The van der Waals surface area contributed by atoms with Gasteiger partial charge < -0.3 is 68.9 Å². The van der Waals surface area contributed by atoms with Crippen LogP contribution >= 0.6 is 0 Å². The monoisotopic (exact) mass is 726 g/mol. The molecule has 16 nitrogen and oxygen atoms in total. The highest BCUT2D eigenvalue weighted by atomic mass is 16.8. The molecule has 0 aliphatic carbocycles. The van der Waals surface area contributed by atoms with E-state index in [2.05, 4.69) is 0 Å². The number of Topliss-reactive ketones (excluding diaryl/α,β-unsaturated/α-hetero) is 1. The van der Waals surface area contributed by atoms with E-state index in [1.165, 1.54) is 61.7 Å². The second kappa shape index (κ2) is 15.4. The van der Waals surface area contributed by atoms with E-state index in [0.717, 1.165) is 6.08 Å². The van der Waals surface area contributed by atoms with Crippen molar-refractivity contribution in [1.29, 1.82) is 0 Å². The van der Waals surface area contributed by atoms with Crippen LogP contribution in [-0.2, 0) is 23.7 Å². The quantitative estimate of drug-likeness (QED) is 0.106. The van der Waals surface area contributed by atoms with Crippen molar-refractivity contribution < 1.29 is 78.5 Å². The minimum Gasteiger partial charge on any atom is -0.508 e.